The highest BCUT2D eigenvalue weighted by molar-refractivity contribution is 6.23. The molecule has 0 atom stereocenters. The van der Waals surface area contributed by atoms with Gasteiger partial charge in [-0.05, 0) is 33.7 Å². The third-order valence-corrected chi connectivity index (χ3v) is 3.54. The first-order valence-corrected chi connectivity index (χ1v) is 5.53. The highest BCUT2D eigenvalue weighted by Crippen LogP contribution is 2.34. The molecule has 0 bridgehead atoms. The van der Waals surface area contributed by atoms with E-state index in [0.717, 1.165) is 0 Å². The van der Waals surface area contributed by atoms with Crippen LogP contribution in [0.2, 0.25) is 0 Å². The number of nitrogens with zero attached hydrogens (tertiary/aromatic N) is 1. The average molecular weight is 205 g/mol. The summed E-state index contributed by atoms with van der Waals surface area (Å²) in [5.41, 5.74) is 1.31. The average Bonchev–Trinajstić information content (AvgIpc) is 2.73. The standard InChI is InChI=1S/C15H11N/c1-16-9-8-12-5-4-10-2-3-11-6-7-13(16)15(12)14(10)11/h2-9H,1H3. The molecule has 1 nitrogen and oxygen atoms in total. The predicted molar refractivity (Wildman–Crippen MR) is 69.1 cm³/mol. The Kier molecular flexibility index (Phi) is 1.31. The molecule has 4 aromatic rings. The topological polar surface area (TPSA) is 4.93 Å². The van der Waals surface area contributed by atoms with Gasteiger partial charge >= 0.3 is 0 Å². The summed E-state index contributed by atoms with van der Waals surface area (Å²) in [6.45, 7) is 0. The first kappa shape index (κ1) is 8.17. The SMILES string of the molecule is Cn1ccc2ccc3ccc4ccc1c2c34. The molecule has 1 heterocycles. The largest absolute Gasteiger partial charge is 0.351 e. The first-order valence-electron chi connectivity index (χ1n) is 5.53. The van der Waals surface area contributed by atoms with Crippen molar-refractivity contribution in [2.45, 2.75) is 0 Å². The van der Waals surface area contributed by atoms with Crippen LogP contribution in [0.3, 0.4) is 0 Å². The number of hydrogen-bond donors (Lipinski definition) is 0. The molecule has 0 unspecified atom stereocenters. The lowest BCUT2D eigenvalue weighted by Gasteiger charge is -2.10. The van der Waals surface area contributed by atoms with Gasteiger partial charge in [-0.2, -0.15) is 0 Å². The summed E-state index contributed by atoms with van der Waals surface area (Å²) in [5, 5.41) is 6.83. The number of aryl methyl sites for hydroxylation is 1. The summed E-state index contributed by atoms with van der Waals surface area (Å²) in [6.07, 6.45) is 2.13. The Balaban J connectivity index is 2.51. The zero-order chi connectivity index (χ0) is 10.7. The zero-order valence-electron chi connectivity index (χ0n) is 9.07. The van der Waals surface area contributed by atoms with Crippen LogP contribution in [-0.2, 0) is 7.05 Å². The maximum absolute atomic E-state index is 2.21. The van der Waals surface area contributed by atoms with Gasteiger partial charge in [-0.3, -0.25) is 0 Å². The molecule has 0 saturated carbocycles. The van der Waals surface area contributed by atoms with Crippen LogP contribution in [0.25, 0.3) is 32.4 Å². The van der Waals surface area contributed by atoms with Crippen molar-refractivity contribution in [1.82, 2.24) is 4.57 Å². The zero-order valence-corrected chi connectivity index (χ0v) is 9.07. The molecule has 0 amide bonds. The van der Waals surface area contributed by atoms with Crippen LogP contribution < -0.4 is 0 Å². The molecule has 4 rings (SSSR count). The molecular formula is C15H11N. The molecule has 1 heteroatoms. The van der Waals surface area contributed by atoms with Crippen molar-refractivity contribution in [1.29, 1.82) is 0 Å². The van der Waals surface area contributed by atoms with Crippen LogP contribution in [0.1, 0.15) is 0 Å². The van der Waals surface area contributed by atoms with Crippen molar-refractivity contribution in [2.75, 3.05) is 0 Å². The molecule has 0 fully saturated rings. The summed E-state index contributed by atoms with van der Waals surface area (Å²) < 4.78 is 2.19. The minimum Gasteiger partial charge on any atom is -0.351 e. The van der Waals surface area contributed by atoms with Crippen molar-refractivity contribution in [2.24, 2.45) is 7.05 Å². The third kappa shape index (κ3) is 0.820. The van der Waals surface area contributed by atoms with E-state index < -0.39 is 0 Å². The highest BCUT2D eigenvalue weighted by Gasteiger charge is 2.08. The van der Waals surface area contributed by atoms with Crippen molar-refractivity contribution in [3.8, 4) is 0 Å². The third-order valence-electron chi connectivity index (χ3n) is 3.54. The molecule has 0 aliphatic carbocycles. The van der Waals surface area contributed by atoms with E-state index in [1.54, 1.807) is 0 Å². The molecule has 0 aliphatic heterocycles. The molecule has 1 aromatic heterocycles. The highest BCUT2D eigenvalue weighted by atomic mass is 14.9. The maximum Gasteiger partial charge on any atom is 0.0489 e. The molecule has 16 heavy (non-hydrogen) atoms. The van der Waals surface area contributed by atoms with Gasteiger partial charge in [0, 0.05) is 24.1 Å². The van der Waals surface area contributed by atoms with Gasteiger partial charge in [0.25, 0.3) is 0 Å². The van der Waals surface area contributed by atoms with Gasteiger partial charge in [0.2, 0.25) is 0 Å². The van der Waals surface area contributed by atoms with Gasteiger partial charge in [-0.15, -0.1) is 0 Å². The predicted octanol–water partition coefficient (Wildman–Crippen LogP) is 3.92. The number of pyridine rings is 1. The summed E-state index contributed by atoms with van der Waals surface area (Å²) in [6, 6.07) is 15.4. The minimum absolute atomic E-state index is 1.31. The normalized spacial score (nSPS) is 12.1. The van der Waals surface area contributed by atoms with Crippen LogP contribution in [0, 0.1) is 0 Å². The van der Waals surface area contributed by atoms with Crippen molar-refractivity contribution >= 4 is 32.4 Å². The lowest BCUT2D eigenvalue weighted by molar-refractivity contribution is 0.956. The van der Waals surface area contributed by atoms with E-state index in [0.29, 0.717) is 0 Å². The van der Waals surface area contributed by atoms with Crippen molar-refractivity contribution in [3.63, 3.8) is 0 Å². The second-order valence-corrected chi connectivity index (χ2v) is 4.43. The number of rotatable bonds is 0. The van der Waals surface area contributed by atoms with Gasteiger partial charge in [0.1, 0.15) is 0 Å². The Hall–Kier alpha value is -2.02. The van der Waals surface area contributed by atoms with Crippen LogP contribution in [-0.4, -0.2) is 4.57 Å². The molecule has 0 saturated heterocycles. The quantitative estimate of drug-likeness (QED) is 0.410. The van der Waals surface area contributed by atoms with E-state index in [9.17, 15) is 0 Å². The van der Waals surface area contributed by atoms with E-state index >= 15 is 0 Å². The number of benzene rings is 2. The fourth-order valence-electron chi connectivity index (χ4n) is 2.72. The lowest BCUT2D eigenvalue weighted by Crippen LogP contribution is -1.92. The van der Waals surface area contributed by atoms with E-state index in [4.69, 9.17) is 0 Å². The van der Waals surface area contributed by atoms with Crippen molar-refractivity contribution in [3.05, 3.63) is 48.7 Å². The molecule has 3 aromatic carbocycles. The van der Waals surface area contributed by atoms with Crippen LogP contribution in [0.5, 0.6) is 0 Å². The van der Waals surface area contributed by atoms with Gasteiger partial charge < -0.3 is 4.57 Å². The number of aromatic nitrogens is 1. The van der Waals surface area contributed by atoms with E-state index in [1.165, 1.54) is 32.4 Å². The first-order chi connectivity index (χ1) is 7.84. The van der Waals surface area contributed by atoms with Gasteiger partial charge in [0.05, 0.1) is 0 Å². The fraction of sp³-hybridized carbons (Fsp3) is 0.0667. The summed E-state index contributed by atoms with van der Waals surface area (Å²) in [7, 11) is 2.10. The van der Waals surface area contributed by atoms with E-state index in [1.807, 2.05) is 0 Å². The minimum atomic E-state index is 1.31. The molecule has 0 aliphatic rings. The monoisotopic (exact) mass is 205 g/mol. The van der Waals surface area contributed by atoms with E-state index in [-0.39, 0.29) is 0 Å². The lowest BCUT2D eigenvalue weighted by atomic mass is 10.0. The smallest absolute Gasteiger partial charge is 0.0489 e. The molecular weight excluding hydrogens is 194 g/mol. The second-order valence-electron chi connectivity index (χ2n) is 4.43. The van der Waals surface area contributed by atoms with Crippen LogP contribution >= 0.6 is 0 Å². The molecule has 0 N–H and O–H groups in total. The number of hydrogen-bond acceptors (Lipinski definition) is 0. The van der Waals surface area contributed by atoms with Gasteiger partial charge in [-0.1, -0.05) is 30.3 Å². The van der Waals surface area contributed by atoms with Gasteiger partial charge in [0.15, 0.2) is 0 Å². The van der Waals surface area contributed by atoms with Crippen molar-refractivity contribution < 1.29 is 0 Å². The Morgan fingerprint density at radius 1 is 0.688 bits per heavy atom. The molecule has 0 spiro atoms. The Labute approximate surface area is 93.2 Å². The second kappa shape index (κ2) is 2.56. The van der Waals surface area contributed by atoms with Crippen LogP contribution in [0.4, 0.5) is 0 Å². The Morgan fingerprint density at radius 2 is 1.25 bits per heavy atom. The summed E-state index contributed by atoms with van der Waals surface area (Å²) in [4.78, 5) is 0. The Morgan fingerprint density at radius 3 is 1.94 bits per heavy atom. The fourth-order valence-corrected chi connectivity index (χ4v) is 2.72. The Bertz CT molecular complexity index is 793. The molecule has 76 valence electrons. The van der Waals surface area contributed by atoms with E-state index in [2.05, 4.69) is 60.3 Å². The van der Waals surface area contributed by atoms with Gasteiger partial charge in [-0.25, -0.2) is 0 Å². The maximum atomic E-state index is 2.21. The summed E-state index contributed by atoms with van der Waals surface area (Å²) in [5.74, 6) is 0. The van der Waals surface area contributed by atoms with Crippen LogP contribution in [0.15, 0.2) is 48.7 Å². The molecule has 0 radical (unpaired) electrons. The summed E-state index contributed by atoms with van der Waals surface area (Å²) >= 11 is 0.